The van der Waals surface area contributed by atoms with E-state index in [1.165, 1.54) is 0 Å². The highest BCUT2D eigenvalue weighted by Gasteiger charge is 2.31. The Bertz CT molecular complexity index is 735. The Kier molecular flexibility index (Phi) is 5.81. The van der Waals surface area contributed by atoms with Gasteiger partial charge in [-0.2, -0.15) is 13.2 Å². The van der Waals surface area contributed by atoms with Crippen LogP contribution in [0, 0.1) is 5.92 Å². The van der Waals surface area contributed by atoms with Gasteiger partial charge in [-0.15, -0.1) is 0 Å². The third kappa shape index (κ3) is 5.52. The molecular formula is C15H19F3N2O4S. The lowest BCUT2D eigenvalue weighted by atomic mass is 10.1. The van der Waals surface area contributed by atoms with Crippen molar-refractivity contribution in [2.24, 2.45) is 5.92 Å². The summed E-state index contributed by atoms with van der Waals surface area (Å²) in [7, 11) is -3.06. The van der Waals surface area contributed by atoms with Crippen LogP contribution in [0.4, 0.5) is 23.7 Å². The Balaban J connectivity index is 2.03. The number of amides is 2. The van der Waals surface area contributed by atoms with Crippen LogP contribution in [0.2, 0.25) is 0 Å². The lowest BCUT2D eigenvalue weighted by molar-refractivity contribution is -0.137. The Hall–Kier alpha value is -1.97. The van der Waals surface area contributed by atoms with Gasteiger partial charge < -0.3 is 15.4 Å². The summed E-state index contributed by atoms with van der Waals surface area (Å²) in [6.45, 7) is 2.03. The average Bonchev–Trinajstić information content (AvgIpc) is 2.85. The molecule has 0 bridgehead atoms. The largest absolute Gasteiger partial charge is 0.492 e. The van der Waals surface area contributed by atoms with Crippen LogP contribution in [0.15, 0.2) is 18.2 Å². The Morgan fingerprint density at radius 3 is 2.64 bits per heavy atom. The second-order valence-corrected chi connectivity index (χ2v) is 7.97. The molecule has 0 radical (unpaired) electrons. The van der Waals surface area contributed by atoms with Gasteiger partial charge in [-0.25, -0.2) is 13.2 Å². The highest BCUT2D eigenvalue weighted by atomic mass is 32.2. The van der Waals surface area contributed by atoms with E-state index in [0.29, 0.717) is 6.42 Å². The van der Waals surface area contributed by atoms with E-state index in [9.17, 15) is 26.4 Å². The van der Waals surface area contributed by atoms with Crippen LogP contribution in [0.25, 0.3) is 0 Å². The van der Waals surface area contributed by atoms with E-state index in [1.54, 1.807) is 6.92 Å². The molecule has 1 saturated heterocycles. The second-order valence-electron chi connectivity index (χ2n) is 5.75. The number of anilines is 1. The number of alkyl halides is 3. The van der Waals surface area contributed by atoms with Gasteiger partial charge in [0.15, 0.2) is 9.84 Å². The molecule has 0 spiro atoms. The van der Waals surface area contributed by atoms with E-state index < -0.39 is 27.6 Å². The normalized spacial score (nSPS) is 19.4. The molecule has 2 amide bonds. The fourth-order valence-corrected chi connectivity index (χ4v) is 4.38. The van der Waals surface area contributed by atoms with Gasteiger partial charge in [0, 0.05) is 6.54 Å². The molecule has 1 unspecified atom stereocenters. The number of urea groups is 1. The summed E-state index contributed by atoms with van der Waals surface area (Å²) in [4.78, 5) is 11.9. The van der Waals surface area contributed by atoms with Crippen LogP contribution in [-0.2, 0) is 16.0 Å². The van der Waals surface area contributed by atoms with Gasteiger partial charge in [0.25, 0.3) is 0 Å². The Labute approximate surface area is 143 Å². The first-order valence-corrected chi connectivity index (χ1v) is 9.52. The second kappa shape index (κ2) is 7.51. The van der Waals surface area contributed by atoms with Gasteiger partial charge in [0.05, 0.1) is 29.4 Å². The highest BCUT2D eigenvalue weighted by molar-refractivity contribution is 7.91. The Morgan fingerprint density at radius 2 is 2.08 bits per heavy atom. The fourth-order valence-electron chi connectivity index (χ4n) is 2.52. The molecule has 6 nitrogen and oxygen atoms in total. The van der Waals surface area contributed by atoms with Crippen LogP contribution < -0.4 is 15.4 Å². The van der Waals surface area contributed by atoms with Crippen molar-refractivity contribution >= 4 is 21.6 Å². The molecule has 1 aromatic carbocycles. The predicted octanol–water partition coefficient (Wildman–Crippen LogP) is 2.66. The minimum Gasteiger partial charge on any atom is -0.492 e. The topological polar surface area (TPSA) is 84.5 Å². The minimum atomic E-state index is -4.55. The summed E-state index contributed by atoms with van der Waals surface area (Å²) < 4.78 is 66.4. The molecule has 1 aliphatic heterocycles. The van der Waals surface area contributed by atoms with Crippen molar-refractivity contribution in [3.05, 3.63) is 23.8 Å². The van der Waals surface area contributed by atoms with Gasteiger partial charge >= 0.3 is 12.2 Å². The number of carbonyl (C=O) groups excluding carboxylic acids is 1. The minimum absolute atomic E-state index is 0.00103. The van der Waals surface area contributed by atoms with Crippen LogP contribution in [0.1, 0.15) is 18.9 Å². The zero-order valence-electron chi connectivity index (χ0n) is 13.5. The summed E-state index contributed by atoms with van der Waals surface area (Å²) in [6, 6.07) is 2.10. The first kappa shape index (κ1) is 19.4. The van der Waals surface area contributed by atoms with E-state index in [4.69, 9.17) is 4.74 Å². The van der Waals surface area contributed by atoms with Crippen molar-refractivity contribution < 1.29 is 31.1 Å². The van der Waals surface area contributed by atoms with Crippen molar-refractivity contribution in [2.75, 3.05) is 30.0 Å². The summed E-state index contributed by atoms with van der Waals surface area (Å²) in [5.41, 5.74) is -1.01. The average molecular weight is 380 g/mol. The third-order valence-corrected chi connectivity index (χ3v) is 5.57. The summed E-state index contributed by atoms with van der Waals surface area (Å²) in [5.74, 6) is 0.0159. The molecule has 0 aromatic heterocycles. The van der Waals surface area contributed by atoms with E-state index >= 15 is 0 Å². The lowest BCUT2D eigenvalue weighted by Gasteiger charge is -2.16. The van der Waals surface area contributed by atoms with Crippen LogP contribution in [0.5, 0.6) is 5.75 Å². The highest BCUT2D eigenvalue weighted by Crippen LogP contribution is 2.35. The molecular weight excluding hydrogens is 361 g/mol. The molecule has 1 aliphatic rings. The Morgan fingerprint density at radius 1 is 1.36 bits per heavy atom. The first-order valence-electron chi connectivity index (χ1n) is 7.70. The van der Waals surface area contributed by atoms with E-state index in [1.807, 2.05) is 0 Å². The van der Waals surface area contributed by atoms with Gasteiger partial charge in [-0.3, -0.25) is 0 Å². The van der Waals surface area contributed by atoms with Gasteiger partial charge in [-0.1, -0.05) is 0 Å². The van der Waals surface area contributed by atoms with Crippen molar-refractivity contribution in [2.45, 2.75) is 19.5 Å². The smallest absolute Gasteiger partial charge is 0.416 e. The van der Waals surface area contributed by atoms with Crippen LogP contribution in [0.3, 0.4) is 0 Å². The quantitative estimate of drug-likeness (QED) is 0.823. The number of benzene rings is 1. The molecule has 0 saturated carbocycles. The molecule has 1 aromatic rings. The first-order chi connectivity index (χ1) is 11.6. The lowest BCUT2D eigenvalue weighted by Crippen LogP contribution is -2.33. The van der Waals surface area contributed by atoms with E-state index in [0.717, 1.165) is 18.2 Å². The zero-order valence-corrected chi connectivity index (χ0v) is 14.3. The number of sulfone groups is 1. The summed E-state index contributed by atoms with van der Waals surface area (Å²) in [5, 5.41) is 4.82. The van der Waals surface area contributed by atoms with Gasteiger partial charge in [0.1, 0.15) is 5.75 Å². The molecule has 1 atom stereocenters. The predicted molar refractivity (Wildman–Crippen MR) is 86.4 cm³/mol. The van der Waals surface area contributed by atoms with E-state index in [-0.39, 0.29) is 42.0 Å². The molecule has 2 rings (SSSR count). The summed E-state index contributed by atoms with van der Waals surface area (Å²) in [6.07, 6.45) is -4.09. The van der Waals surface area contributed by atoms with Gasteiger partial charge in [0.2, 0.25) is 0 Å². The van der Waals surface area contributed by atoms with Crippen molar-refractivity contribution in [1.29, 1.82) is 0 Å². The maximum absolute atomic E-state index is 12.8. The molecule has 2 N–H and O–H groups in total. The van der Waals surface area contributed by atoms with Crippen molar-refractivity contribution in [3.8, 4) is 5.75 Å². The molecule has 0 aliphatic carbocycles. The molecule has 1 heterocycles. The van der Waals surface area contributed by atoms with Crippen LogP contribution >= 0.6 is 0 Å². The standard InChI is InChI=1S/C15H19F3N2O4S/c1-2-24-13-4-3-11(15(16,17)18)7-12(13)20-14(21)19-8-10-5-6-25(22,23)9-10/h3-4,7,10H,2,5-6,8-9H2,1H3,(H2,19,20,21). The molecule has 1 fully saturated rings. The molecule has 140 valence electrons. The molecule has 25 heavy (non-hydrogen) atoms. The fraction of sp³-hybridized carbons (Fsp3) is 0.533. The van der Waals surface area contributed by atoms with Crippen LogP contribution in [-0.4, -0.2) is 39.1 Å². The van der Waals surface area contributed by atoms with E-state index in [2.05, 4.69) is 10.6 Å². The number of halogens is 3. The van der Waals surface area contributed by atoms with Gasteiger partial charge in [-0.05, 0) is 37.5 Å². The monoisotopic (exact) mass is 380 g/mol. The maximum Gasteiger partial charge on any atom is 0.416 e. The molecule has 10 heteroatoms. The number of hydrogen-bond acceptors (Lipinski definition) is 4. The zero-order chi connectivity index (χ0) is 18.7. The third-order valence-electron chi connectivity index (χ3n) is 3.73. The van der Waals surface area contributed by atoms with Crippen molar-refractivity contribution in [3.63, 3.8) is 0 Å². The summed E-state index contributed by atoms with van der Waals surface area (Å²) >= 11 is 0. The van der Waals surface area contributed by atoms with Crippen molar-refractivity contribution in [1.82, 2.24) is 5.32 Å². The number of carbonyl (C=O) groups is 1. The SMILES string of the molecule is CCOc1ccc(C(F)(F)F)cc1NC(=O)NCC1CCS(=O)(=O)C1. The number of ether oxygens (including phenoxy) is 1. The number of nitrogens with one attached hydrogen (secondary N) is 2. The number of rotatable bonds is 5. The number of hydrogen-bond donors (Lipinski definition) is 2. The maximum atomic E-state index is 12.8.